The largest absolute Gasteiger partial charge is 0.481 e. The first-order valence-electron chi connectivity index (χ1n) is 3.59. The second-order valence-electron chi connectivity index (χ2n) is 2.77. The zero-order valence-electron chi connectivity index (χ0n) is 6.78. The van der Waals surface area contributed by atoms with Crippen LogP contribution in [-0.2, 0) is 9.59 Å². The first-order chi connectivity index (χ1) is 6.38. The van der Waals surface area contributed by atoms with Gasteiger partial charge in [-0.15, -0.1) is 11.6 Å². The second kappa shape index (κ2) is 3.63. The summed E-state index contributed by atoms with van der Waals surface area (Å²) in [6.07, 6.45) is 3.44. The Balaban J connectivity index is 3.15. The molecule has 0 aliphatic heterocycles. The Morgan fingerprint density at radius 1 is 1.43 bits per heavy atom. The molecule has 14 heavy (non-hydrogen) atoms. The number of halogens is 2. The Hall–Kier alpha value is -1.00. The molecule has 0 saturated carbocycles. The topological polar surface area (TPSA) is 74.6 Å². The molecule has 0 aromatic rings. The lowest BCUT2D eigenvalue weighted by Crippen LogP contribution is -2.43. The maximum atomic E-state index is 10.8. The first-order valence-corrected chi connectivity index (χ1v) is 4.35. The van der Waals surface area contributed by atoms with E-state index in [1.807, 2.05) is 0 Å². The van der Waals surface area contributed by atoms with Crippen molar-refractivity contribution in [2.24, 2.45) is 5.92 Å². The zero-order valence-corrected chi connectivity index (χ0v) is 8.29. The Kier molecular flexibility index (Phi) is 2.87. The second-order valence-corrected chi connectivity index (χ2v) is 3.84. The van der Waals surface area contributed by atoms with E-state index in [1.165, 1.54) is 6.08 Å². The Labute approximate surface area is 89.4 Å². The van der Waals surface area contributed by atoms with Gasteiger partial charge in [0.2, 0.25) is 0 Å². The fourth-order valence-electron chi connectivity index (χ4n) is 1.10. The van der Waals surface area contributed by atoms with Gasteiger partial charge in [0.15, 0.2) is 4.87 Å². The van der Waals surface area contributed by atoms with Crippen molar-refractivity contribution in [3.8, 4) is 0 Å². The molecule has 0 heterocycles. The maximum absolute atomic E-state index is 10.8. The molecule has 2 N–H and O–H groups in total. The van der Waals surface area contributed by atoms with Gasteiger partial charge in [-0.1, -0.05) is 11.6 Å². The summed E-state index contributed by atoms with van der Waals surface area (Å²) in [5.74, 6) is -4.10. The van der Waals surface area contributed by atoms with Crippen LogP contribution >= 0.6 is 23.2 Å². The molecule has 4 nitrogen and oxygen atoms in total. The Morgan fingerprint density at radius 2 is 2.00 bits per heavy atom. The highest BCUT2D eigenvalue weighted by atomic mass is 35.5. The molecular weight excluding hydrogens is 231 g/mol. The summed E-state index contributed by atoms with van der Waals surface area (Å²) in [5.41, 5.74) is 0. The summed E-state index contributed by atoms with van der Waals surface area (Å²) in [4.78, 5) is 19.6. The Bertz CT molecular complexity index is 347. The average Bonchev–Trinajstić information content (AvgIpc) is 2.08. The molecule has 0 radical (unpaired) electrons. The summed E-state index contributed by atoms with van der Waals surface area (Å²) < 4.78 is 0. The van der Waals surface area contributed by atoms with Gasteiger partial charge in [-0.25, -0.2) is 4.79 Å². The van der Waals surface area contributed by atoms with E-state index in [0.29, 0.717) is 0 Å². The number of alkyl halides is 1. The van der Waals surface area contributed by atoms with Gasteiger partial charge in [0.05, 0.1) is 0 Å². The fraction of sp³-hybridized carbons (Fsp3) is 0.250. The summed E-state index contributed by atoms with van der Waals surface area (Å²) in [6, 6.07) is 0. The molecule has 2 unspecified atom stereocenters. The van der Waals surface area contributed by atoms with Crippen molar-refractivity contribution >= 4 is 35.1 Å². The van der Waals surface area contributed by atoms with Gasteiger partial charge in [-0.05, 0) is 18.2 Å². The summed E-state index contributed by atoms with van der Waals surface area (Å²) in [7, 11) is 0. The molecule has 0 amide bonds. The quantitative estimate of drug-likeness (QED) is 0.712. The molecular formula is C8H6Cl2O4. The minimum atomic E-state index is -1.95. The number of hydrogen-bond acceptors (Lipinski definition) is 2. The summed E-state index contributed by atoms with van der Waals surface area (Å²) >= 11 is 11.2. The lowest BCUT2D eigenvalue weighted by molar-refractivity contribution is -0.148. The van der Waals surface area contributed by atoms with Gasteiger partial charge >= 0.3 is 11.9 Å². The van der Waals surface area contributed by atoms with Gasteiger partial charge < -0.3 is 10.2 Å². The molecule has 2 atom stereocenters. The number of hydrogen-bond donors (Lipinski definition) is 2. The third-order valence-electron chi connectivity index (χ3n) is 1.86. The minimum absolute atomic E-state index is 0.162. The molecule has 76 valence electrons. The first kappa shape index (κ1) is 11.1. The monoisotopic (exact) mass is 236 g/mol. The number of aliphatic carboxylic acids is 2. The summed E-state index contributed by atoms with van der Waals surface area (Å²) in [6.45, 7) is 0. The van der Waals surface area contributed by atoms with Crippen LogP contribution in [0.5, 0.6) is 0 Å². The molecule has 0 fully saturated rings. The lowest BCUT2D eigenvalue weighted by Gasteiger charge is -2.25. The van der Waals surface area contributed by atoms with Crippen LogP contribution in [0.2, 0.25) is 0 Å². The van der Waals surface area contributed by atoms with E-state index in [1.54, 1.807) is 0 Å². The molecule has 0 spiro atoms. The number of rotatable bonds is 2. The van der Waals surface area contributed by atoms with E-state index in [2.05, 4.69) is 0 Å². The van der Waals surface area contributed by atoms with Gasteiger partial charge in [0.25, 0.3) is 0 Å². The van der Waals surface area contributed by atoms with Crippen LogP contribution < -0.4 is 0 Å². The normalized spacial score (nSPS) is 31.0. The molecule has 1 aliphatic carbocycles. The summed E-state index contributed by atoms with van der Waals surface area (Å²) in [5, 5.41) is 17.7. The predicted molar refractivity (Wildman–Crippen MR) is 50.4 cm³/mol. The number of carbonyl (C=O) groups is 2. The van der Waals surface area contributed by atoms with Gasteiger partial charge in [0, 0.05) is 5.03 Å². The SMILES string of the molecule is O=C(O)C1C=C(Cl)C=CC1(Cl)C(=O)O. The van der Waals surface area contributed by atoms with E-state index in [-0.39, 0.29) is 5.03 Å². The molecule has 0 saturated heterocycles. The Morgan fingerprint density at radius 3 is 2.43 bits per heavy atom. The fourth-order valence-corrected chi connectivity index (χ4v) is 1.50. The van der Waals surface area contributed by atoms with Gasteiger partial charge in [-0.2, -0.15) is 0 Å². The highest BCUT2D eigenvalue weighted by Gasteiger charge is 2.46. The number of allylic oxidation sites excluding steroid dienone is 2. The van der Waals surface area contributed by atoms with Gasteiger partial charge in [-0.3, -0.25) is 4.79 Å². The van der Waals surface area contributed by atoms with Crippen molar-refractivity contribution in [2.75, 3.05) is 0 Å². The molecule has 6 heteroatoms. The molecule has 0 bridgehead atoms. The standard InChI is InChI=1S/C8H6Cl2O4/c9-4-1-2-8(10,7(13)14)5(3-4)6(11)12/h1-3,5H,(H,11,12)(H,13,14). The van der Waals surface area contributed by atoms with Crippen LogP contribution in [-0.4, -0.2) is 27.0 Å². The van der Waals surface area contributed by atoms with E-state index in [9.17, 15) is 9.59 Å². The highest BCUT2D eigenvalue weighted by molar-refractivity contribution is 6.38. The van der Waals surface area contributed by atoms with Crippen molar-refractivity contribution in [3.63, 3.8) is 0 Å². The van der Waals surface area contributed by atoms with E-state index < -0.39 is 22.7 Å². The number of carboxylic acids is 2. The van der Waals surface area contributed by atoms with Crippen molar-refractivity contribution in [1.82, 2.24) is 0 Å². The smallest absolute Gasteiger partial charge is 0.329 e. The van der Waals surface area contributed by atoms with E-state index in [0.717, 1.165) is 12.2 Å². The van der Waals surface area contributed by atoms with Crippen LogP contribution in [0.1, 0.15) is 0 Å². The van der Waals surface area contributed by atoms with Crippen LogP contribution in [0, 0.1) is 5.92 Å². The number of carboxylic acid groups (broad SMARTS) is 2. The molecule has 0 aromatic heterocycles. The van der Waals surface area contributed by atoms with Gasteiger partial charge in [0.1, 0.15) is 5.92 Å². The molecule has 1 aliphatic rings. The van der Waals surface area contributed by atoms with Crippen molar-refractivity contribution in [3.05, 3.63) is 23.3 Å². The predicted octanol–water partition coefficient (Wildman–Crippen LogP) is 1.44. The van der Waals surface area contributed by atoms with Crippen LogP contribution in [0.4, 0.5) is 0 Å². The average molecular weight is 237 g/mol. The van der Waals surface area contributed by atoms with Crippen molar-refractivity contribution < 1.29 is 19.8 Å². The third-order valence-corrected chi connectivity index (χ3v) is 2.63. The third kappa shape index (κ3) is 1.76. The van der Waals surface area contributed by atoms with Crippen LogP contribution in [0.3, 0.4) is 0 Å². The molecule has 0 aromatic carbocycles. The maximum Gasteiger partial charge on any atom is 0.329 e. The van der Waals surface area contributed by atoms with Crippen molar-refractivity contribution in [1.29, 1.82) is 0 Å². The van der Waals surface area contributed by atoms with Crippen molar-refractivity contribution in [2.45, 2.75) is 4.87 Å². The highest BCUT2D eigenvalue weighted by Crippen LogP contribution is 2.34. The molecule has 1 rings (SSSR count). The van der Waals surface area contributed by atoms with E-state index in [4.69, 9.17) is 33.4 Å². The zero-order chi connectivity index (χ0) is 10.9. The minimum Gasteiger partial charge on any atom is -0.481 e. The van der Waals surface area contributed by atoms with Crippen LogP contribution in [0.25, 0.3) is 0 Å². The van der Waals surface area contributed by atoms with Crippen LogP contribution in [0.15, 0.2) is 23.3 Å². The lowest BCUT2D eigenvalue weighted by atomic mass is 9.87. The van der Waals surface area contributed by atoms with E-state index >= 15 is 0 Å².